The molecule has 0 unspecified atom stereocenters. The predicted octanol–water partition coefficient (Wildman–Crippen LogP) is 6.87. The summed E-state index contributed by atoms with van der Waals surface area (Å²) < 4.78 is 7.19. The highest BCUT2D eigenvalue weighted by Crippen LogP contribution is 2.37. The predicted molar refractivity (Wildman–Crippen MR) is 131 cm³/mol. The van der Waals surface area contributed by atoms with Gasteiger partial charge in [-0.25, -0.2) is 0 Å². The van der Waals surface area contributed by atoms with E-state index in [0.29, 0.717) is 0 Å². The zero-order valence-electron chi connectivity index (χ0n) is 19.4. The molecule has 1 atom stereocenters. The van der Waals surface area contributed by atoms with Gasteiger partial charge in [-0.1, -0.05) is 120 Å². The fourth-order valence-corrected chi connectivity index (χ4v) is 8.99. The van der Waals surface area contributed by atoms with Crippen LogP contribution in [0.1, 0.15) is 73.6 Å². The Hall–Kier alpha value is -1.64. The summed E-state index contributed by atoms with van der Waals surface area (Å²) in [7, 11) is -2.48. The Labute approximate surface area is 180 Å². The number of benzene rings is 2. The van der Waals surface area contributed by atoms with Crippen molar-refractivity contribution in [2.45, 2.75) is 84.8 Å². The first-order valence-electron chi connectivity index (χ1n) is 11.3. The van der Waals surface area contributed by atoms with Crippen molar-refractivity contribution in [2.24, 2.45) is 0 Å². The summed E-state index contributed by atoms with van der Waals surface area (Å²) in [4.78, 5) is 0. The quantitative estimate of drug-likeness (QED) is 0.308. The molecule has 0 saturated carbocycles. The summed E-state index contributed by atoms with van der Waals surface area (Å²) in [6.45, 7) is 13.8. The second kappa shape index (κ2) is 10.9. The minimum absolute atomic E-state index is 0.0200. The van der Waals surface area contributed by atoms with Crippen LogP contribution in [0, 0.1) is 0 Å². The second-order valence-corrected chi connectivity index (χ2v) is 13.4. The number of hydrogen-bond acceptors (Lipinski definition) is 1. The fourth-order valence-electron chi connectivity index (χ4n) is 4.35. The highest BCUT2D eigenvalue weighted by Gasteiger charge is 2.50. The van der Waals surface area contributed by atoms with Crippen molar-refractivity contribution in [1.29, 1.82) is 0 Å². The molecule has 0 bridgehead atoms. The molecule has 0 heterocycles. The lowest BCUT2D eigenvalue weighted by Crippen LogP contribution is -2.67. The van der Waals surface area contributed by atoms with Crippen molar-refractivity contribution < 1.29 is 4.43 Å². The van der Waals surface area contributed by atoms with Gasteiger partial charge in [0, 0.05) is 0 Å². The van der Waals surface area contributed by atoms with Crippen molar-refractivity contribution in [3.05, 3.63) is 72.3 Å². The second-order valence-electron chi connectivity index (χ2n) is 9.16. The Morgan fingerprint density at radius 2 is 1.38 bits per heavy atom. The number of rotatable bonds is 10. The van der Waals surface area contributed by atoms with Gasteiger partial charge in [0.1, 0.15) is 0 Å². The van der Waals surface area contributed by atoms with Gasteiger partial charge in [0.05, 0.1) is 6.10 Å². The summed E-state index contributed by atoms with van der Waals surface area (Å²) in [6.07, 6.45) is 8.58. The van der Waals surface area contributed by atoms with Crippen LogP contribution in [0.2, 0.25) is 5.04 Å². The third kappa shape index (κ3) is 5.93. The largest absolute Gasteiger partial charge is 0.401 e. The third-order valence-electron chi connectivity index (χ3n) is 5.67. The molecular formula is C27H40OSi. The standard InChI is InChI=1S/C27H40OSi/c1-7-9-17-24(16-8-2)22-23(3)28-29(27(4,5)6,25-18-12-10-13-19-25)26-20-14-11-15-21-26/h10-15,18-23H,7-9,16-17H2,1-6H3/b24-22+/t23-/m0/s1. The maximum absolute atomic E-state index is 7.19. The maximum Gasteiger partial charge on any atom is 0.261 e. The Bertz CT molecular complexity index is 704. The zero-order chi connectivity index (χ0) is 21.3. The topological polar surface area (TPSA) is 9.23 Å². The van der Waals surface area contributed by atoms with E-state index in [9.17, 15) is 0 Å². The first kappa shape index (κ1) is 23.6. The summed E-state index contributed by atoms with van der Waals surface area (Å²) in [5, 5.41) is 2.72. The Kier molecular flexibility index (Phi) is 8.92. The normalized spacial score (nSPS) is 14.1. The highest BCUT2D eigenvalue weighted by atomic mass is 28.4. The van der Waals surface area contributed by atoms with Gasteiger partial charge in [-0.15, -0.1) is 0 Å². The molecule has 1 nitrogen and oxygen atoms in total. The summed E-state index contributed by atoms with van der Waals surface area (Å²) in [5.41, 5.74) is 1.56. The molecule has 2 heteroatoms. The van der Waals surface area contributed by atoms with Crippen molar-refractivity contribution in [1.82, 2.24) is 0 Å². The van der Waals surface area contributed by atoms with Crippen LogP contribution in [0.3, 0.4) is 0 Å². The van der Waals surface area contributed by atoms with Gasteiger partial charge in [0.2, 0.25) is 0 Å². The molecule has 2 aromatic rings. The van der Waals surface area contributed by atoms with Crippen LogP contribution >= 0.6 is 0 Å². The Morgan fingerprint density at radius 1 is 0.862 bits per heavy atom. The monoisotopic (exact) mass is 408 g/mol. The van der Waals surface area contributed by atoms with E-state index in [4.69, 9.17) is 4.43 Å². The minimum Gasteiger partial charge on any atom is -0.401 e. The number of allylic oxidation sites excluding steroid dienone is 1. The molecule has 0 fully saturated rings. The average Bonchev–Trinajstić information content (AvgIpc) is 2.71. The van der Waals surface area contributed by atoms with E-state index in [-0.39, 0.29) is 11.1 Å². The number of hydrogen-bond donors (Lipinski definition) is 0. The van der Waals surface area contributed by atoms with E-state index < -0.39 is 8.32 Å². The fraction of sp³-hybridized carbons (Fsp3) is 0.481. The molecule has 2 rings (SSSR count). The van der Waals surface area contributed by atoms with Crippen LogP contribution in [0.25, 0.3) is 0 Å². The zero-order valence-corrected chi connectivity index (χ0v) is 20.4. The molecule has 0 spiro atoms. The van der Waals surface area contributed by atoms with Crippen LogP contribution in [0.5, 0.6) is 0 Å². The molecule has 0 amide bonds. The summed E-state index contributed by atoms with van der Waals surface area (Å²) in [6, 6.07) is 21.9. The van der Waals surface area contributed by atoms with E-state index in [0.717, 1.165) is 0 Å². The van der Waals surface area contributed by atoms with Gasteiger partial charge in [-0.3, -0.25) is 0 Å². The minimum atomic E-state index is -2.48. The molecule has 0 aromatic heterocycles. The molecule has 0 aliphatic rings. The van der Waals surface area contributed by atoms with Crippen LogP contribution in [-0.4, -0.2) is 14.4 Å². The van der Waals surface area contributed by atoms with Crippen LogP contribution in [-0.2, 0) is 4.43 Å². The molecular weight excluding hydrogens is 368 g/mol. The van der Waals surface area contributed by atoms with Crippen molar-refractivity contribution in [3.8, 4) is 0 Å². The molecule has 0 N–H and O–H groups in total. The van der Waals surface area contributed by atoms with Crippen molar-refractivity contribution >= 4 is 18.7 Å². The Balaban J connectivity index is 2.53. The maximum atomic E-state index is 7.19. The summed E-state index contributed by atoms with van der Waals surface area (Å²) >= 11 is 0. The first-order valence-corrected chi connectivity index (χ1v) is 13.2. The molecule has 29 heavy (non-hydrogen) atoms. The molecule has 0 radical (unpaired) electrons. The van der Waals surface area contributed by atoms with E-state index >= 15 is 0 Å². The smallest absolute Gasteiger partial charge is 0.261 e. The highest BCUT2D eigenvalue weighted by molar-refractivity contribution is 6.99. The molecule has 0 aliphatic heterocycles. The third-order valence-corrected chi connectivity index (χ3v) is 10.8. The van der Waals surface area contributed by atoms with E-state index in [1.54, 1.807) is 5.57 Å². The molecule has 0 saturated heterocycles. The van der Waals surface area contributed by atoms with Gasteiger partial charge in [0.25, 0.3) is 8.32 Å². The average molecular weight is 409 g/mol. The lowest BCUT2D eigenvalue weighted by Gasteiger charge is -2.44. The molecule has 2 aromatic carbocycles. The van der Waals surface area contributed by atoms with E-state index in [1.165, 1.54) is 42.5 Å². The van der Waals surface area contributed by atoms with Crippen LogP contribution < -0.4 is 10.4 Å². The lowest BCUT2D eigenvalue weighted by atomic mass is 10.0. The first-order chi connectivity index (χ1) is 13.8. The van der Waals surface area contributed by atoms with Crippen molar-refractivity contribution in [2.75, 3.05) is 0 Å². The molecule has 0 aliphatic carbocycles. The number of unbranched alkanes of at least 4 members (excludes halogenated alkanes) is 1. The van der Waals surface area contributed by atoms with Gasteiger partial charge in [-0.05, 0) is 41.6 Å². The SMILES string of the molecule is CCCC/C(=C/[C@H](C)O[Si](c1ccccc1)(c1ccccc1)C(C)(C)C)CCC. The summed E-state index contributed by atoms with van der Waals surface area (Å²) in [5.74, 6) is 0. The van der Waals surface area contributed by atoms with Gasteiger partial charge < -0.3 is 4.43 Å². The molecule has 158 valence electrons. The van der Waals surface area contributed by atoms with Crippen LogP contribution in [0.4, 0.5) is 0 Å². The van der Waals surface area contributed by atoms with Gasteiger partial charge in [-0.2, -0.15) is 0 Å². The van der Waals surface area contributed by atoms with E-state index in [2.05, 4.69) is 108 Å². The van der Waals surface area contributed by atoms with E-state index in [1.807, 2.05) is 0 Å². The van der Waals surface area contributed by atoms with Crippen LogP contribution in [0.15, 0.2) is 72.3 Å². The lowest BCUT2D eigenvalue weighted by molar-refractivity contribution is 0.250. The Morgan fingerprint density at radius 3 is 1.79 bits per heavy atom. The van der Waals surface area contributed by atoms with Gasteiger partial charge in [0.15, 0.2) is 0 Å². The van der Waals surface area contributed by atoms with Crippen molar-refractivity contribution in [3.63, 3.8) is 0 Å². The van der Waals surface area contributed by atoms with Gasteiger partial charge >= 0.3 is 0 Å².